The zero-order chi connectivity index (χ0) is 30.1. The number of nitrogen functional groups attached to an aromatic ring is 1. The molecule has 1 unspecified atom stereocenters. The van der Waals surface area contributed by atoms with E-state index >= 15 is 0 Å². The molecule has 1 aromatic heterocycles. The third-order valence-corrected chi connectivity index (χ3v) is 8.40. The average molecular weight is 750 g/mol. The molecule has 1 amide bonds. The van der Waals surface area contributed by atoms with Crippen LogP contribution in [0.15, 0.2) is 68.1 Å². The Balaban J connectivity index is 1.65. The van der Waals surface area contributed by atoms with Crippen LogP contribution in [0.25, 0.3) is 0 Å². The van der Waals surface area contributed by atoms with Gasteiger partial charge in [-0.2, -0.15) is 0 Å². The van der Waals surface area contributed by atoms with Crippen molar-refractivity contribution in [2.75, 3.05) is 29.7 Å². The lowest BCUT2D eigenvalue weighted by Gasteiger charge is -2.28. The number of carbonyl (C=O) groups is 2. The maximum atomic E-state index is 14.8. The van der Waals surface area contributed by atoms with Crippen LogP contribution in [0, 0.1) is 17.7 Å². The highest BCUT2D eigenvalue weighted by Crippen LogP contribution is 2.46. The first kappa shape index (κ1) is 30.2. The second kappa shape index (κ2) is 12.6. The van der Waals surface area contributed by atoms with E-state index in [4.69, 9.17) is 10.6 Å². The van der Waals surface area contributed by atoms with Gasteiger partial charge in [-0.1, -0.05) is 34.6 Å². The van der Waals surface area contributed by atoms with Gasteiger partial charge in [0, 0.05) is 35.3 Å². The highest BCUT2D eigenvalue weighted by molar-refractivity contribution is 14.1. The molecule has 12 heteroatoms. The summed E-state index contributed by atoms with van der Waals surface area (Å²) in [5, 5.41) is 6.19. The number of ketones is 1. The molecule has 4 N–H and O–H groups in total. The fraction of sp³-hybridized carbons (Fsp3) is 0.300. The number of nitrogens with two attached hydrogens (primary N) is 1. The van der Waals surface area contributed by atoms with Crippen LogP contribution in [0.1, 0.15) is 47.6 Å². The summed E-state index contributed by atoms with van der Waals surface area (Å²) in [6.07, 6.45) is 2.26. The van der Waals surface area contributed by atoms with Crippen LogP contribution in [-0.4, -0.2) is 30.0 Å². The number of nitrogens with zero attached hydrogens (tertiary/aromatic N) is 2. The van der Waals surface area contributed by atoms with Crippen molar-refractivity contribution in [2.24, 2.45) is 11.8 Å². The molecule has 2 aliphatic rings. The number of nitrogens with one attached hydrogen (secondary N) is 2. The third-order valence-electron chi connectivity index (χ3n) is 7.60. The Labute approximate surface area is 264 Å². The van der Waals surface area contributed by atoms with Crippen molar-refractivity contribution in [3.8, 4) is 0 Å². The first-order valence-corrected chi connectivity index (χ1v) is 15.3. The molecule has 2 aromatic carbocycles. The minimum absolute atomic E-state index is 0.0426. The van der Waals surface area contributed by atoms with E-state index < -0.39 is 17.3 Å². The number of pyridine rings is 1. The van der Waals surface area contributed by atoms with Gasteiger partial charge < -0.3 is 21.2 Å². The second-order valence-electron chi connectivity index (χ2n) is 10.4. The molecular weight excluding hydrogens is 720 g/mol. The molecule has 0 spiro atoms. The number of amides is 1. The topological polar surface area (TPSA) is 119 Å². The normalized spacial score (nSPS) is 17.4. The third kappa shape index (κ3) is 6.25. The molecular formula is C30H30BrFIN5O4. The van der Waals surface area contributed by atoms with Gasteiger partial charge in [-0.3, -0.25) is 19.3 Å². The number of ether oxygens (including phenoxy) is 1. The van der Waals surface area contributed by atoms with E-state index in [-0.39, 0.29) is 52.8 Å². The molecule has 0 saturated heterocycles. The predicted octanol–water partition coefficient (Wildman–Crippen LogP) is 6.06. The SMILES string of the molecule is C=C(I)OCC[C@H](NC)c1cccc(N2C(=O)C(C3CC3)CC(=O)c3c(Nc4ccc(Br)cc4F)cc(=O)n(N)c32)c1. The molecule has 1 aliphatic heterocycles. The largest absolute Gasteiger partial charge is 0.488 e. The summed E-state index contributed by atoms with van der Waals surface area (Å²) in [6, 6.07) is 12.8. The van der Waals surface area contributed by atoms with E-state index in [2.05, 4.69) is 33.1 Å². The van der Waals surface area contributed by atoms with E-state index in [1.807, 2.05) is 47.8 Å². The lowest BCUT2D eigenvalue weighted by molar-refractivity contribution is -0.122. The van der Waals surface area contributed by atoms with E-state index in [0.29, 0.717) is 27.0 Å². The average Bonchev–Trinajstić information content (AvgIpc) is 3.79. The molecule has 1 aliphatic carbocycles. The Morgan fingerprint density at radius 3 is 2.62 bits per heavy atom. The van der Waals surface area contributed by atoms with Gasteiger partial charge in [-0.15, -0.1) is 0 Å². The van der Waals surface area contributed by atoms with Crippen molar-refractivity contribution >= 4 is 73.1 Å². The molecule has 2 atom stereocenters. The first-order valence-electron chi connectivity index (χ1n) is 13.5. The minimum Gasteiger partial charge on any atom is -0.488 e. The molecule has 42 heavy (non-hydrogen) atoms. The number of Topliss-reactive ketones (excluding diaryl/α,β-unsaturated/α-hetero) is 1. The molecule has 0 bridgehead atoms. The van der Waals surface area contributed by atoms with Gasteiger partial charge in [0.1, 0.15) is 9.58 Å². The molecule has 1 fully saturated rings. The minimum atomic E-state index is -0.662. The Morgan fingerprint density at radius 2 is 1.95 bits per heavy atom. The van der Waals surface area contributed by atoms with Crippen molar-refractivity contribution in [3.63, 3.8) is 0 Å². The van der Waals surface area contributed by atoms with Crippen molar-refractivity contribution in [3.05, 3.63) is 90.6 Å². The summed E-state index contributed by atoms with van der Waals surface area (Å²) >= 11 is 5.25. The number of hydrogen-bond donors (Lipinski definition) is 3. The summed E-state index contributed by atoms with van der Waals surface area (Å²) in [4.78, 5) is 42.6. The molecule has 0 radical (unpaired) electrons. The number of rotatable bonds is 10. The van der Waals surface area contributed by atoms with Gasteiger partial charge in [-0.05, 0) is 84.3 Å². The maximum absolute atomic E-state index is 14.8. The van der Waals surface area contributed by atoms with Gasteiger partial charge in [0.25, 0.3) is 5.56 Å². The Bertz CT molecular complexity index is 1630. The number of carbonyl (C=O) groups excluding carboxylic acids is 2. The van der Waals surface area contributed by atoms with Crippen LogP contribution in [0.5, 0.6) is 0 Å². The zero-order valence-corrected chi connectivity index (χ0v) is 26.6. The molecule has 5 rings (SSSR count). The Kier molecular flexibility index (Phi) is 9.04. The monoisotopic (exact) mass is 749 g/mol. The van der Waals surface area contributed by atoms with Crippen LogP contribution < -0.4 is 26.9 Å². The van der Waals surface area contributed by atoms with Gasteiger partial charge in [0.15, 0.2) is 11.6 Å². The Morgan fingerprint density at radius 1 is 1.19 bits per heavy atom. The Hall–Kier alpha value is -3.23. The fourth-order valence-corrected chi connectivity index (χ4v) is 5.91. The number of benzene rings is 2. The van der Waals surface area contributed by atoms with Gasteiger partial charge in [0.05, 0.1) is 29.2 Å². The van der Waals surface area contributed by atoms with E-state index in [9.17, 15) is 18.8 Å². The van der Waals surface area contributed by atoms with Crippen LogP contribution in [0.2, 0.25) is 0 Å². The summed E-state index contributed by atoms with van der Waals surface area (Å²) in [5.41, 5.74) is 0.882. The lowest BCUT2D eigenvalue weighted by atomic mass is 9.94. The van der Waals surface area contributed by atoms with E-state index in [1.165, 1.54) is 17.0 Å². The first-order chi connectivity index (χ1) is 20.1. The van der Waals surface area contributed by atoms with Gasteiger partial charge >= 0.3 is 0 Å². The summed E-state index contributed by atoms with van der Waals surface area (Å²) in [6.45, 7) is 4.19. The van der Waals surface area contributed by atoms with Crippen LogP contribution in [-0.2, 0) is 9.53 Å². The quantitative estimate of drug-likeness (QED) is 0.131. The number of halogens is 3. The van der Waals surface area contributed by atoms with Crippen LogP contribution >= 0.6 is 38.5 Å². The number of fused-ring (bicyclic) bond motifs is 1. The standard InChI is InChI=1S/C30H30BrFIN5O4/c1-16(33)42-11-10-23(35-2)18-4-3-5-20(12-18)37-29-28(26(39)14-21(30(37)41)17-6-7-17)25(15-27(40)38(29)34)36-24-9-8-19(31)13-22(24)32/h3-5,8-9,12-13,15,17,21,23,35-36H,1,6-7,10-11,14,34H2,2H3/t21?,23-/m0/s1. The fourth-order valence-electron chi connectivity index (χ4n) is 5.36. The molecule has 2 heterocycles. The highest BCUT2D eigenvalue weighted by Gasteiger charge is 2.45. The zero-order valence-electron chi connectivity index (χ0n) is 22.8. The highest BCUT2D eigenvalue weighted by atomic mass is 127. The van der Waals surface area contributed by atoms with E-state index in [0.717, 1.165) is 29.1 Å². The molecule has 3 aromatic rings. The molecule has 9 nitrogen and oxygen atoms in total. The second-order valence-corrected chi connectivity index (χ2v) is 12.5. The van der Waals surface area contributed by atoms with Gasteiger partial charge in [0.2, 0.25) is 5.91 Å². The predicted molar refractivity (Wildman–Crippen MR) is 173 cm³/mol. The van der Waals surface area contributed by atoms with Gasteiger partial charge in [-0.25, -0.2) is 9.07 Å². The lowest BCUT2D eigenvalue weighted by Crippen LogP contribution is -2.39. The number of anilines is 4. The smallest absolute Gasteiger partial charge is 0.272 e. The van der Waals surface area contributed by atoms with Crippen molar-refractivity contribution in [2.45, 2.75) is 31.7 Å². The summed E-state index contributed by atoms with van der Waals surface area (Å²) in [7, 11) is 1.83. The summed E-state index contributed by atoms with van der Waals surface area (Å²) < 4.78 is 22.3. The van der Waals surface area contributed by atoms with Crippen LogP contribution in [0.4, 0.5) is 27.3 Å². The van der Waals surface area contributed by atoms with Crippen molar-refractivity contribution < 1.29 is 18.7 Å². The number of hydrogen-bond acceptors (Lipinski definition) is 7. The van der Waals surface area contributed by atoms with E-state index in [1.54, 1.807) is 12.1 Å². The van der Waals surface area contributed by atoms with Crippen molar-refractivity contribution in [1.82, 2.24) is 9.99 Å². The summed E-state index contributed by atoms with van der Waals surface area (Å²) in [5.74, 6) is 4.49. The maximum Gasteiger partial charge on any atom is 0.272 e. The van der Waals surface area contributed by atoms with Crippen LogP contribution in [0.3, 0.4) is 0 Å². The molecule has 1 saturated carbocycles. The molecule has 220 valence electrons. The van der Waals surface area contributed by atoms with Crippen molar-refractivity contribution in [1.29, 1.82) is 0 Å². The number of aromatic nitrogens is 1.